The average Bonchev–Trinajstić information content (AvgIpc) is 2.99. The van der Waals surface area contributed by atoms with Crippen molar-refractivity contribution >= 4 is 16.9 Å². The maximum Gasteiger partial charge on any atom is 0.161 e. The summed E-state index contributed by atoms with van der Waals surface area (Å²) < 4.78 is 7.06. The minimum atomic E-state index is -0.342. The number of ether oxygens (including phenoxy) is 1. The van der Waals surface area contributed by atoms with Crippen LogP contribution in [0, 0.1) is 22.7 Å². The molecule has 3 rings (SSSR count). The van der Waals surface area contributed by atoms with Crippen LogP contribution in [0.5, 0.6) is 11.5 Å². The molecule has 0 atom stereocenters. The van der Waals surface area contributed by atoms with Crippen molar-refractivity contribution in [1.29, 1.82) is 10.5 Å². The Kier molecular flexibility index (Phi) is 4.17. The lowest BCUT2D eigenvalue weighted by molar-refractivity contribution is 0.373. The molecule has 0 saturated carbocycles. The van der Waals surface area contributed by atoms with Gasteiger partial charge in [0.05, 0.1) is 12.7 Å². The summed E-state index contributed by atoms with van der Waals surface area (Å²) in [6.07, 6.45) is 1.72. The molecule has 3 aromatic rings. The highest BCUT2D eigenvalue weighted by Gasteiger charge is 2.25. The predicted octanol–water partition coefficient (Wildman–Crippen LogP) is 3.50. The Morgan fingerprint density at radius 1 is 1.22 bits per heavy atom. The van der Waals surface area contributed by atoms with Crippen LogP contribution in [0.4, 0.5) is 5.82 Å². The van der Waals surface area contributed by atoms with Crippen molar-refractivity contribution in [3.05, 3.63) is 35.5 Å². The van der Waals surface area contributed by atoms with E-state index in [0.717, 1.165) is 0 Å². The molecule has 0 unspecified atom stereocenters. The number of aromatic hydroxyl groups is 1. The highest BCUT2D eigenvalue weighted by atomic mass is 16.5. The van der Waals surface area contributed by atoms with Gasteiger partial charge in [-0.3, -0.25) is 0 Å². The number of methoxy groups -OCH3 is 1. The van der Waals surface area contributed by atoms with Crippen LogP contribution in [-0.2, 0) is 5.54 Å². The van der Waals surface area contributed by atoms with E-state index in [4.69, 9.17) is 10.5 Å². The zero-order chi connectivity index (χ0) is 19.9. The standard InChI is InChI=1S/C20H19N5O2/c1-20(2,3)25-10-12(8-21)17-16(13(9-22)18(23)24-19(17)25)11-5-6-14(26)15(7-11)27-4/h5-7,10,26H,1-4H3,(H2,23,24). The van der Waals surface area contributed by atoms with Gasteiger partial charge in [0.1, 0.15) is 29.2 Å². The van der Waals surface area contributed by atoms with E-state index >= 15 is 0 Å². The first kappa shape index (κ1) is 18.1. The molecule has 2 heterocycles. The number of phenolic OH excluding ortho intramolecular Hbond substituents is 1. The van der Waals surface area contributed by atoms with Gasteiger partial charge < -0.3 is 20.1 Å². The molecule has 0 aliphatic rings. The maximum absolute atomic E-state index is 9.90. The van der Waals surface area contributed by atoms with Crippen LogP contribution in [0.25, 0.3) is 22.2 Å². The van der Waals surface area contributed by atoms with Gasteiger partial charge in [-0.1, -0.05) is 6.07 Å². The molecule has 0 aliphatic heterocycles. The zero-order valence-corrected chi connectivity index (χ0v) is 15.5. The van der Waals surface area contributed by atoms with Crippen molar-refractivity contribution in [3.8, 4) is 34.8 Å². The quantitative estimate of drug-likeness (QED) is 0.720. The summed E-state index contributed by atoms with van der Waals surface area (Å²) in [5, 5.41) is 29.8. The molecule has 0 bridgehead atoms. The van der Waals surface area contributed by atoms with E-state index in [2.05, 4.69) is 17.1 Å². The predicted molar refractivity (Wildman–Crippen MR) is 102 cm³/mol. The molecule has 0 radical (unpaired) electrons. The second-order valence-corrected chi connectivity index (χ2v) is 7.14. The second-order valence-electron chi connectivity index (χ2n) is 7.14. The Labute approximate surface area is 156 Å². The van der Waals surface area contributed by atoms with Crippen LogP contribution < -0.4 is 10.5 Å². The SMILES string of the molecule is COc1cc(-c2c(C#N)c(N)nc3c2c(C#N)cn3C(C)(C)C)ccc1O. The maximum atomic E-state index is 9.90. The van der Waals surface area contributed by atoms with Gasteiger partial charge in [0.25, 0.3) is 0 Å². The van der Waals surface area contributed by atoms with Crippen LogP contribution in [0.15, 0.2) is 24.4 Å². The number of rotatable bonds is 2. The fourth-order valence-corrected chi connectivity index (χ4v) is 3.11. The summed E-state index contributed by atoms with van der Waals surface area (Å²) in [6.45, 7) is 5.98. The van der Waals surface area contributed by atoms with Crippen molar-refractivity contribution in [1.82, 2.24) is 9.55 Å². The minimum Gasteiger partial charge on any atom is -0.504 e. The summed E-state index contributed by atoms with van der Waals surface area (Å²) >= 11 is 0. The van der Waals surface area contributed by atoms with Gasteiger partial charge in [0.15, 0.2) is 11.5 Å². The topological polar surface area (TPSA) is 121 Å². The van der Waals surface area contributed by atoms with Crippen LogP contribution >= 0.6 is 0 Å². The molecule has 0 amide bonds. The first-order valence-electron chi connectivity index (χ1n) is 8.25. The lowest BCUT2D eigenvalue weighted by Crippen LogP contribution is -2.21. The van der Waals surface area contributed by atoms with E-state index in [1.54, 1.807) is 18.3 Å². The molecule has 1 aromatic carbocycles. The second kappa shape index (κ2) is 6.22. The summed E-state index contributed by atoms with van der Waals surface area (Å²) in [4.78, 5) is 4.41. The number of nitrogen functional groups attached to an aromatic ring is 1. The summed E-state index contributed by atoms with van der Waals surface area (Å²) in [5.41, 5.74) is 7.94. The van der Waals surface area contributed by atoms with E-state index in [1.165, 1.54) is 13.2 Å². The zero-order valence-electron chi connectivity index (χ0n) is 15.5. The Bertz CT molecular complexity index is 1140. The van der Waals surface area contributed by atoms with E-state index < -0.39 is 0 Å². The van der Waals surface area contributed by atoms with Gasteiger partial charge >= 0.3 is 0 Å². The molecule has 0 saturated heterocycles. The van der Waals surface area contributed by atoms with E-state index in [-0.39, 0.29) is 28.4 Å². The van der Waals surface area contributed by atoms with Crippen LogP contribution in [0.2, 0.25) is 0 Å². The highest BCUT2D eigenvalue weighted by molar-refractivity contribution is 6.02. The van der Waals surface area contributed by atoms with E-state index in [9.17, 15) is 15.6 Å². The van der Waals surface area contributed by atoms with Crippen molar-refractivity contribution in [2.24, 2.45) is 0 Å². The third-order valence-corrected chi connectivity index (χ3v) is 4.39. The molecule has 7 nitrogen and oxygen atoms in total. The molecular formula is C20H19N5O2. The van der Waals surface area contributed by atoms with Gasteiger partial charge in [0.2, 0.25) is 0 Å². The van der Waals surface area contributed by atoms with Gasteiger partial charge in [0, 0.05) is 22.7 Å². The number of hydrogen-bond donors (Lipinski definition) is 2. The van der Waals surface area contributed by atoms with Crippen molar-refractivity contribution in [2.45, 2.75) is 26.3 Å². The number of pyridine rings is 1. The van der Waals surface area contributed by atoms with Gasteiger partial charge in [-0.25, -0.2) is 4.98 Å². The largest absolute Gasteiger partial charge is 0.504 e. The molecule has 0 spiro atoms. The van der Waals surface area contributed by atoms with Crippen molar-refractivity contribution in [2.75, 3.05) is 12.8 Å². The Hall–Kier alpha value is -3.71. The number of aromatic nitrogens is 2. The molecule has 2 aromatic heterocycles. The third kappa shape index (κ3) is 2.80. The fraction of sp³-hybridized carbons (Fsp3) is 0.250. The third-order valence-electron chi connectivity index (χ3n) is 4.39. The van der Waals surface area contributed by atoms with Crippen LogP contribution in [0.3, 0.4) is 0 Å². The van der Waals surface area contributed by atoms with Gasteiger partial charge in [-0.2, -0.15) is 10.5 Å². The molecule has 0 fully saturated rings. The molecular weight excluding hydrogens is 342 g/mol. The van der Waals surface area contributed by atoms with Crippen LogP contribution in [0.1, 0.15) is 31.9 Å². The number of nitrogens with zero attached hydrogens (tertiary/aromatic N) is 4. The van der Waals surface area contributed by atoms with E-state index in [1.807, 2.05) is 25.3 Å². The van der Waals surface area contributed by atoms with E-state index in [0.29, 0.717) is 27.7 Å². The number of phenols is 1. The summed E-state index contributed by atoms with van der Waals surface area (Å²) in [5.74, 6) is 0.319. The molecule has 27 heavy (non-hydrogen) atoms. The lowest BCUT2D eigenvalue weighted by atomic mass is 9.96. The van der Waals surface area contributed by atoms with Crippen LogP contribution in [-0.4, -0.2) is 21.8 Å². The Morgan fingerprint density at radius 3 is 2.48 bits per heavy atom. The van der Waals surface area contributed by atoms with Gasteiger partial charge in [-0.05, 0) is 38.5 Å². The number of nitriles is 2. The summed E-state index contributed by atoms with van der Waals surface area (Å²) in [7, 11) is 1.44. The summed E-state index contributed by atoms with van der Waals surface area (Å²) in [6, 6.07) is 9.03. The Morgan fingerprint density at radius 2 is 1.93 bits per heavy atom. The monoisotopic (exact) mass is 361 g/mol. The number of nitrogens with two attached hydrogens (primary N) is 1. The number of hydrogen-bond acceptors (Lipinski definition) is 6. The smallest absolute Gasteiger partial charge is 0.161 e. The van der Waals surface area contributed by atoms with Gasteiger partial charge in [-0.15, -0.1) is 0 Å². The first-order chi connectivity index (χ1) is 12.7. The number of fused-ring (bicyclic) bond motifs is 1. The minimum absolute atomic E-state index is 0.0224. The number of benzene rings is 1. The molecule has 3 N–H and O–H groups in total. The normalized spacial score (nSPS) is 11.2. The highest BCUT2D eigenvalue weighted by Crippen LogP contribution is 2.40. The van der Waals surface area contributed by atoms with Crippen molar-refractivity contribution in [3.63, 3.8) is 0 Å². The average molecular weight is 361 g/mol. The molecule has 0 aliphatic carbocycles. The first-order valence-corrected chi connectivity index (χ1v) is 8.25. The molecule has 7 heteroatoms. The Balaban J connectivity index is 2.53. The lowest BCUT2D eigenvalue weighted by Gasteiger charge is -2.22. The van der Waals surface area contributed by atoms with Crippen molar-refractivity contribution < 1.29 is 9.84 Å². The fourth-order valence-electron chi connectivity index (χ4n) is 3.11. The molecule has 136 valence electrons. The number of anilines is 1.